The molecule has 0 spiro atoms. The molecule has 0 aliphatic carbocycles. The van der Waals surface area contributed by atoms with Crippen LogP contribution in [0.2, 0.25) is 0 Å². The van der Waals surface area contributed by atoms with E-state index in [0.717, 1.165) is 5.56 Å². The summed E-state index contributed by atoms with van der Waals surface area (Å²) in [6, 6.07) is 6.89. The van der Waals surface area contributed by atoms with Gasteiger partial charge in [0.1, 0.15) is 11.0 Å². The molecule has 0 aromatic heterocycles. The van der Waals surface area contributed by atoms with Gasteiger partial charge in [-0.25, -0.2) is 0 Å². The van der Waals surface area contributed by atoms with E-state index in [9.17, 15) is 0 Å². The van der Waals surface area contributed by atoms with Crippen molar-refractivity contribution in [2.45, 2.75) is 0 Å². The Morgan fingerprint density at radius 3 is 2.65 bits per heavy atom. The molecule has 1 aromatic rings. The van der Waals surface area contributed by atoms with Crippen molar-refractivity contribution in [3.8, 4) is 5.75 Å². The van der Waals surface area contributed by atoms with Crippen molar-refractivity contribution in [1.29, 1.82) is 0 Å². The highest BCUT2D eigenvalue weighted by Crippen LogP contribution is 2.64. The van der Waals surface area contributed by atoms with E-state index in [1.54, 1.807) is 35.3 Å². The predicted octanol–water partition coefficient (Wildman–Crippen LogP) is 4.56. The van der Waals surface area contributed by atoms with Gasteiger partial charge in [-0.2, -0.15) is 5.10 Å². The third-order valence-corrected chi connectivity index (χ3v) is 6.84. The van der Waals surface area contributed by atoms with Gasteiger partial charge in [-0.15, -0.1) is 0 Å². The highest BCUT2D eigenvalue weighted by molar-refractivity contribution is 8.46. The van der Waals surface area contributed by atoms with Crippen LogP contribution in [-0.4, -0.2) is 18.0 Å². The Labute approximate surface area is 120 Å². The molecular formula is C8H11N8OP3. The highest BCUT2D eigenvalue weighted by atomic mass is 32.4. The zero-order valence-electron chi connectivity index (χ0n) is 10.4. The second-order valence-corrected chi connectivity index (χ2v) is 9.86. The zero-order chi connectivity index (χ0) is 14.8. The van der Waals surface area contributed by atoms with E-state index in [2.05, 4.69) is 34.0 Å². The first-order valence-electron chi connectivity index (χ1n) is 5.11. The largest absolute Gasteiger partial charge is 0.394 e. The van der Waals surface area contributed by atoms with Gasteiger partial charge in [0.05, 0.1) is 13.7 Å². The van der Waals surface area contributed by atoms with Crippen LogP contribution in [0.25, 0.3) is 20.9 Å². The van der Waals surface area contributed by atoms with Crippen LogP contribution in [0.1, 0.15) is 5.56 Å². The molecule has 1 rings (SSSR count). The fourth-order valence-corrected chi connectivity index (χ4v) is 3.02. The average molecular weight is 328 g/mol. The number of hydrogen-bond donors (Lipinski definition) is 0. The first-order valence-corrected chi connectivity index (χ1v) is 9.81. The first-order chi connectivity index (χ1) is 9.67. The molecule has 9 nitrogen and oxygen atoms in total. The van der Waals surface area contributed by atoms with E-state index in [4.69, 9.17) is 15.9 Å². The maximum Gasteiger partial charge on any atom is 0.136 e. The van der Waals surface area contributed by atoms with E-state index in [1.807, 2.05) is 7.05 Å². The molecule has 1 aromatic carbocycles. The zero-order valence-corrected chi connectivity index (χ0v) is 13.4. The predicted molar refractivity (Wildman–Crippen MR) is 85.7 cm³/mol. The minimum absolute atomic E-state index is 0.133. The number of rotatable bonds is 7. The van der Waals surface area contributed by atoms with Crippen LogP contribution in [-0.2, 0) is 0 Å². The minimum Gasteiger partial charge on any atom is -0.394 e. The maximum atomic E-state index is 8.26. The Kier molecular flexibility index (Phi) is 7.67. The van der Waals surface area contributed by atoms with Gasteiger partial charge in [0.15, 0.2) is 0 Å². The van der Waals surface area contributed by atoms with Crippen LogP contribution in [0.3, 0.4) is 0 Å². The van der Waals surface area contributed by atoms with Gasteiger partial charge in [-0.1, -0.05) is 13.8 Å². The lowest BCUT2D eigenvalue weighted by atomic mass is 10.2. The molecule has 0 amide bonds. The molecule has 0 saturated carbocycles. The summed E-state index contributed by atoms with van der Waals surface area (Å²) in [6.07, 6.45) is 1.68. The monoisotopic (exact) mass is 328 g/mol. The van der Waals surface area contributed by atoms with Gasteiger partial charge in [0.25, 0.3) is 0 Å². The molecule has 0 heterocycles. The molecule has 0 radical (unpaired) electrons. The van der Waals surface area contributed by atoms with Crippen LogP contribution >= 0.6 is 24.8 Å². The van der Waals surface area contributed by atoms with Crippen molar-refractivity contribution >= 4 is 31.0 Å². The number of benzene rings is 1. The Morgan fingerprint density at radius 1 is 1.35 bits per heavy atom. The second kappa shape index (κ2) is 9.33. The van der Waals surface area contributed by atoms with Gasteiger partial charge < -0.3 is 4.84 Å². The summed E-state index contributed by atoms with van der Waals surface area (Å²) in [6.45, 7) is 0. The molecule has 3 unspecified atom stereocenters. The van der Waals surface area contributed by atoms with Crippen molar-refractivity contribution in [1.82, 2.24) is 4.78 Å². The van der Waals surface area contributed by atoms with Crippen molar-refractivity contribution in [2.24, 2.45) is 15.3 Å². The van der Waals surface area contributed by atoms with E-state index in [-0.39, 0.29) is 8.42 Å². The van der Waals surface area contributed by atoms with E-state index in [1.165, 1.54) is 0 Å². The fraction of sp³-hybridized carbons (Fsp3) is 0.125. The SMILES string of the molecule is CN(/N=C/c1ccc(ON=[N+]=[N-])cc1)P(P)PN=[N+]=[N-]. The molecule has 3 atom stereocenters. The van der Waals surface area contributed by atoms with Gasteiger partial charge in [0.2, 0.25) is 0 Å². The van der Waals surface area contributed by atoms with E-state index in [0.29, 0.717) is 5.75 Å². The van der Waals surface area contributed by atoms with Gasteiger partial charge in [-0.3, -0.25) is 4.78 Å². The van der Waals surface area contributed by atoms with Crippen LogP contribution in [0.4, 0.5) is 0 Å². The van der Waals surface area contributed by atoms with Crippen LogP contribution < -0.4 is 4.84 Å². The van der Waals surface area contributed by atoms with Crippen molar-refractivity contribution < 1.29 is 4.84 Å². The lowest BCUT2D eigenvalue weighted by molar-refractivity contribution is 0.333. The van der Waals surface area contributed by atoms with Gasteiger partial charge in [0, 0.05) is 25.3 Å². The Bertz CT molecular complexity index is 551. The summed E-state index contributed by atoms with van der Waals surface area (Å²) in [5.74, 6) is 0.450. The van der Waals surface area contributed by atoms with Gasteiger partial charge in [-0.05, 0) is 40.9 Å². The molecular weight excluding hydrogens is 317 g/mol. The maximum absolute atomic E-state index is 8.26. The third-order valence-electron chi connectivity index (χ3n) is 1.94. The minimum atomic E-state index is -0.679. The molecule has 0 aliphatic heterocycles. The lowest BCUT2D eigenvalue weighted by Gasteiger charge is -2.18. The third kappa shape index (κ3) is 6.03. The van der Waals surface area contributed by atoms with Crippen molar-refractivity contribution in [3.05, 3.63) is 50.7 Å². The summed E-state index contributed by atoms with van der Waals surface area (Å²) in [4.78, 5) is 13.5. The molecule has 0 saturated heterocycles. The fourth-order valence-electron chi connectivity index (χ4n) is 1.02. The Balaban J connectivity index is 2.60. The number of azide groups is 2. The Morgan fingerprint density at radius 2 is 2.05 bits per heavy atom. The number of hydrazone groups is 1. The first kappa shape index (κ1) is 16.5. The van der Waals surface area contributed by atoms with E-state index < -0.39 is 7.45 Å². The number of nitrogens with zero attached hydrogens (tertiary/aromatic N) is 8. The van der Waals surface area contributed by atoms with E-state index >= 15 is 0 Å². The summed E-state index contributed by atoms with van der Waals surface area (Å²) in [7, 11) is 3.89. The lowest BCUT2D eigenvalue weighted by Crippen LogP contribution is -1.98. The van der Waals surface area contributed by atoms with Crippen LogP contribution in [0, 0.1) is 0 Å². The number of hydrogen-bond acceptors (Lipinski definition) is 5. The average Bonchev–Trinajstić information content (AvgIpc) is 2.49. The normalized spacial score (nSPS) is 11.9. The standard InChI is InChI=1S/C8H11N8OP3/c1-16(20(18)19-15-13-10)11-6-7-2-4-8(5-3-7)17-14-12-9/h2-6,19H,18H2,1H3/b11-6+. The summed E-state index contributed by atoms with van der Waals surface area (Å²) < 4.78 is 1.75. The molecule has 0 N–H and O–H groups in total. The Hall–Kier alpha value is -1.60. The van der Waals surface area contributed by atoms with Crippen molar-refractivity contribution in [2.75, 3.05) is 7.05 Å². The molecule has 12 heteroatoms. The summed E-state index contributed by atoms with van der Waals surface area (Å²) in [5, 5.41) is 7.25. The molecule has 104 valence electrons. The highest BCUT2D eigenvalue weighted by Gasteiger charge is 2.04. The summed E-state index contributed by atoms with van der Waals surface area (Å²) in [5.41, 5.74) is 17.2. The van der Waals surface area contributed by atoms with Gasteiger partial charge >= 0.3 is 0 Å². The molecule has 0 bridgehead atoms. The van der Waals surface area contributed by atoms with Crippen LogP contribution in [0.5, 0.6) is 5.75 Å². The molecule has 0 aliphatic rings. The molecule has 20 heavy (non-hydrogen) atoms. The van der Waals surface area contributed by atoms with Crippen molar-refractivity contribution in [3.63, 3.8) is 0 Å². The van der Waals surface area contributed by atoms with Crippen LogP contribution in [0.15, 0.2) is 39.5 Å². The quantitative estimate of drug-likeness (QED) is 0.182. The molecule has 0 fully saturated rings. The summed E-state index contributed by atoms with van der Waals surface area (Å²) >= 11 is 0. The smallest absolute Gasteiger partial charge is 0.136 e. The topological polar surface area (TPSA) is 122 Å². The second-order valence-electron chi connectivity index (χ2n) is 3.20.